The van der Waals surface area contributed by atoms with E-state index in [0.29, 0.717) is 12.4 Å². The summed E-state index contributed by atoms with van der Waals surface area (Å²) in [6.07, 6.45) is 0. The SMILES string of the molecule is CCOc1ccccc1CNC(=O)c1ccc(Cl)c([N+](=O)[O-])c1. The number of nitrogens with one attached hydrogen (secondary N) is 1. The van der Waals surface area contributed by atoms with E-state index in [4.69, 9.17) is 16.3 Å². The molecule has 0 heterocycles. The minimum atomic E-state index is -0.622. The fourth-order valence-electron chi connectivity index (χ4n) is 2.02. The second kappa shape index (κ2) is 7.60. The first-order valence-corrected chi connectivity index (χ1v) is 7.33. The Hall–Kier alpha value is -2.60. The standard InChI is InChI=1S/C16H15ClN2O4/c1-2-23-15-6-4-3-5-12(15)10-18-16(20)11-7-8-13(17)14(9-11)19(21)22/h3-9H,2,10H2,1H3,(H,18,20). The van der Waals surface area contributed by atoms with Crippen LogP contribution in [0.3, 0.4) is 0 Å². The number of nitrogens with zero attached hydrogens (tertiary/aromatic N) is 1. The molecule has 0 aliphatic carbocycles. The number of rotatable bonds is 6. The molecule has 2 aromatic carbocycles. The molecule has 0 aromatic heterocycles. The summed E-state index contributed by atoms with van der Waals surface area (Å²) >= 11 is 5.73. The van der Waals surface area contributed by atoms with E-state index in [-0.39, 0.29) is 22.8 Å². The van der Waals surface area contributed by atoms with Gasteiger partial charge in [-0.2, -0.15) is 0 Å². The summed E-state index contributed by atoms with van der Waals surface area (Å²) in [5, 5.41) is 13.6. The number of carbonyl (C=O) groups is 1. The van der Waals surface area contributed by atoms with Crippen LogP contribution in [0, 0.1) is 10.1 Å². The Bertz CT molecular complexity index is 734. The van der Waals surface area contributed by atoms with Crippen LogP contribution in [-0.4, -0.2) is 17.4 Å². The van der Waals surface area contributed by atoms with Crippen molar-refractivity contribution in [2.24, 2.45) is 0 Å². The van der Waals surface area contributed by atoms with Crippen LogP contribution in [0.15, 0.2) is 42.5 Å². The molecule has 0 saturated heterocycles. The van der Waals surface area contributed by atoms with Gasteiger partial charge in [0.15, 0.2) is 0 Å². The highest BCUT2D eigenvalue weighted by Crippen LogP contribution is 2.25. The van der Waals surface area contributed by atoms with Gasteiger partial charge in [-0.1, -0.05) is 29.8 Å². The summed E-state index contributed by atoms with van der Waals surface area (Å²) in [6, 6.07) is 11.3. The lowest BCUT2D eigenvalue weighted by atomic mass is 10.1. The highest BCUT2D eigenvalue weighted by Gasteiger charge is 2.16. The van der Waals surface area contributed by atoms with Crippen LogP contribution in [0.2, 0.25) is 5.02 Å². The molecule has 0 radical (unpaired) electrons. The van der Waals surface area contributed by atoms with Crippen molar-refractivity contribution >= 4 is 23.2 Å². The minimum absolute atomic E-state index is 0.00626. The van der Waals surface area contributed by atoms with E-state index in [2.05, 4.69) is 5.32 Å². The van der Waals surface area contributed by atoms with Crippen LogP contribution >= 0.6 is 11.6 Å². The van der Waals surface area contributed by atoms with Crippen molar-refractivity contribution in [1.29, 1.82) is 0 Å². The summed E-state index contributed by atoms with van der Waals surface area (Å²) in [6.45, 7) is 2.65. The average molecular weight is 335 g/mol. The molecule has 0 unspecified atom stereocenters. The average Bonchev–Trinajstić information content (AvgIpc) is 2.54. The van der Waals surface area contributed by atoms with Gasteiger partial charge in [0.25, 0.3) is 11.6 Å². The molecule has 0 saturated carbocycles. The second-order valence-electron chi connectivity index (χ2n) is 4.65. The second-order valence-corrected chi connectivity index (χ2v) is 5.05. The van der Waals surface area contributed by atoms with Crippen LogP contribution in [0.25, 0.3) is 0 Å². The monoisotopic (exact) mass is 334 g/mol. The van der Waals surface area contributed by atoms with Crippen LogP contribution in [0.1, 0.15) is 22.8 Å². The van der Waals surface area contributed by atoms with Crippen LogP contribution in [0.4, 0.5) is 5.69 Å². The summed E-state index contributed by atoms with van der Waals surface area (Å²) in [4.78, 5) is 22.4. The van der Waals surface area contributed by atoms with E-state index in [1.807, 2.05) is 31.2 Å². The fraction of sp³-hybridized carbons (Fsp3) is 0.188. The molecule has 1 amide bonds. The number of ether oxygens (including phenoxy) is 1. The smallest absolute Gasteiger partial charge is 0.288 e. The Morgan fingerprint density at radius 3 is 2.74 bits per heavy atom. The molecule has 0 aliphatic heterocycles. The number of halogens is 1. The largest absolute Gasteiger partial charge is 0.494 e. The predicted molar refractivity (Wildman–Crippen MR) is 86.9 cm³/mol. The van der Waals surface area contributed by atoms with Crippen molar-refractivity contribution in [3.8, 4) is 5.75 Å². The van der Waals surface area contributed by atoms with Crippen LogP contribution in [0.5, 0.6) is 5.75 Å². The fourth-order valence-corrected chi connectivity index (χ4v) is 2.20. The Morgan fingerprint density at radius 2 is 2.04 bits per heavy atom. The third-order valence-electron chi connectivity index (χ3n) is 3.12. The molecule has 2 rings (SSSR count). The third-order valence-corrected chi connectivity index (χ3v) is 3.44. The Labute approximate surface area is 138 Å². The van der Waals surface area contributed by atoms with E-state index in [0.717, 1.165) is 11.6 Å². The third kappa shape index (κ3) is 4.20. The van der Waals surface area contributed by atoms with E-state index < -0.39 is 10.8 Å². The highest BCUT2D eigenvalue weighted by atomic mass is 35.5. The Balaban J connectivity index is 2.11. The van der Waals surface area contributed by atoms with Gasteiger partial charge in [-0.3, -0.25) is 14.9 Å². The summed E-state index contributed by atoms with van der Waals surface area (Å²) in [5.74, 6) is 0.272. The molecule has 2 aromatic rings. The first-order chi connectivity index (χ1) is 11.0. The number of amides is 1. The first-order valence-electron chi connectivity index (χ1n) is 6.95. The number of para-hydroxylation sites is 1. The van der Waals surface area contributed by atoms with Gasteiger partial charge >= 0.3 is 0 Å². The zero-order valence-electron chi connectivity index (χ0n) is 12.4. The van der Waals surface area contributed by atoms with Crippen molar-refractivity contribution in [2.45, 2.75) is 13.5 Å². The lowest BCUT2D eigenvalue weighted by molar-refractivity contribution is -0.384. The molecule has 0 spiro atoms. The zero-order valence-corrected chi connectivity index (χ0v) is 13.2. The molecule has 120 valence electrons. The highest BCUT2D eigenvalue weighted by molar-refractivity contribution is 6.32. The Morgan fingerprint density at radius 1 is 1.30 bits per heavy atom. The van der Waals surface area contributed by atoms with E-state index >= 15 is 0 Å². The molecular formula is C16H15ClN2O4. The van der Waals surface area contributed by atoms with Gasteiger partial charge in [0.1, 0.15) is 10.8 Å². The van der Waals surface area contributed by atoms with Crippen molar-refractivity contribution in [2.75, 3.05) is 6.61 Å². The molecule has 0 atom stereocenters. The molecule has 23 heavy (non-hydrogen) atoms. The molecule has 7 heteroatoms. The predicted octanol–water partition coefficient (Wildman–Crippen LogP) is 3.58. The lowest BCUT2D eigenvalue weighted by Gasteiger charge is -2.11. The number of nitro groups is 1. The molecular weight excluding hydrogens is 320 g/mol. The van der Waals surface area contributed by atoms with E-state index in [1.54, 1.807) is 0 Å². The van der Waals surface area contributed by atoms with Crippen molar-refractivity contribution in [3.63, 3.8) is 0 Å². The summed E-state index contributed by atoms with van der Waals surface area (Å²) in [7, 11) is 0. The van der Waals surface area contributed by atoms with Crippen molar-refractivity contribution in [3.05, 3.63) is 68.7 Å². The molecule has 0 aliphatic rings. The maximum atomic E-state index is 12.2. The van der Waals surface area contributed by atoms with Crippen molar-refractivity contribution < 1.29 is 14.5 Å². The summed E-state index contributed by atoms with van der Waals surface area (Å²) in [5.41, 5.74) is 0.704. The van der Waals surface area contributed by atoms with E-state index in [9.17, 15) is 14.9 Å². The topological polar surface area (TPSA) is 81.5 Å². The van der Waals surface area contributed by atoms with E-state index in [1.165, 1.54) is 12.1 Å². The van der Waals surface area contributed by atoms with Gasteiger partial charge in [0.2, 0.25) is 0 Å². The number of hydrogen-bond donors (Lipinski definition) is 1. The zero-order chi connectivity index (χ0) is 16.8. The first kappa shape index (κ1) is 16.8. The van der Waals surface area contributed by atoms with Gasteiger partial charge in [0.05, 0.1) is 11.5 Å². The minimum Gasteiger partial charge on any atom is -0.494 e. The van der Waals surface area contributed by atoms with Gasteiger partial charge in [-0.25, -0.2) is 0 Å². The molecule has 6 nitrogen and oxygen atoms in total. The quantitative estimate of drug-likeness (QED) is 0.646. The maximum Gasteiger partial charge on any atom is 0.288 e. The number of nitro benzene ring substituents is 1. The maximum absolute atomic E-state index is 12.2. The van der Waals surface area contributed by atoms with Crippen LogP contribution < -0.4 is 10.1 Å². The van der Waals surface area contributed by atoms with Gasteiger partial charge in [-0.05, 0) is 25.1 Å². The Kier molecular flexibility index (Phi) is 5.54. The normalized spacial score (nSPS) is 10.2. The van der Waals surface area contributed by atoms with Gasteiger partial charge < -0.3 is 10.1 Å². The summed E-state index contributed by atoms with van der Waals surface area (Å²) < 4.78 is 5.48. The van der Waals surface area contributed by atoms with Gasteiger partial charge in [-0.15, -0.1) is 0 Å². The number of carbonyl (C=O) groups excluding carboxylic acids is 1. The molecule has 0 fully saturated rings. The number of benzene rings is 2. The van der Waals surface area contributed by atoms with Crippen LogP contribution in [-0.2, 0) is 6.54 Å². The number of hydrogen-bond acceptors (Lipinski definition) is 4. The molecule has 0 bridgehead atoms. The van der Waals surface area contributed by atoms with Gasteiger partial charge in [0, 0.05) is 23.7 Å². The molecule has 1 N–H and O–H groups in total. The lowest BCUT2D eigenvalue weighted by Crippen LogP contribution is -2.23. The van der Waals surface area contributed by atoms with Crippen molar-refractivity contribution in [1.82, 2.24) is 5.32 Å².